The maximum absolute atomic E-state index is 11.2. The first-order valence-electron chi connectivity index (χ1n) is 9.02. The number of anilines is 2. The second-order valence-electron chi connectivity index (χ2n) is 7.31. The van der Waals surface area contributed by atoms with Crippen molar-refractivity contribution in [3.63, 3.8) is 0 Å². The van der Waals surface area contributed by atoms with Crippen LogP contribution in [-0.2, 0) is 4.79 Å². The Balaban J connectivity index is 1.51. The summed E-state index contributed by atoms with van der Waals surface area (Å²) in [6.45, 7) is 4.69. The van der Waals surface area contributed by atoms with Crippen LogP contribution in [0.5, 0.6) is 0 Å². The molecular weight excluding hydrogens is 286 g/mol. The Kier molecular flexibility index (Phi) is 5.09. The van der Waals surface area contributed by atoms with Gasteiger partial charge in [-0.25, -0.2) is 0 Å². The maximum atomic E-state index is 11.2. The largest absolute Gasteiger partial charge is 0.382 e. The number of primary amides is 1. The van der Waals surface area contributed by atoms with Crippen LogP contribution < -0.4 is 16.0 Å². The highest BCUT2D eigenvalue weighted by atomic mass is 16.1. The predicted octanol–water partition coefficient (Wildman–Crippen LogP) is 3.38. The number of carbonyl (C=O) groups excluding carboxylic acids is 1. The normalized spacial score (nSPS) is 26.0. The average Bonchev–Trinajstić information content (AvgIpc) is 2.57. The smallest absolute Gasteiger partial charge is 0.220 e. The van der Waals surface area contributed by atoms with Crippen molar-refractivity contribution in [1.82, 2.24) is 0 Å². The highest BCUT2D eigenvalue weighted by Gasteiger charge is 2.24. The fourth-order valence-electron chi connectivity index (χ4n) is 3.79. The van der Waals surface area contributed by atoms with Gasteiger partial charge in [-0.3, -0.25) is 4.79 Å². The van der Waals surface area contributed by atoms with Crippen LogP contribution in [0, 0.1) is 11.8 Å². The number of amides is 1. The highest BCUT2D eigenvalue weighted by molar-refractivity contribution is 5.76. The van der Waals surface area contributed by atoms with Gasteiger partial charge >= 0.3 is 0 Å². The molecule has 1 aliphatic heterocycles. The molecule has 3 rings (SSSR count). The van der Waals surface area contributed by atoms with Gasteiger partial charge in [0.25, 0.3) is 0 Å². The van der Waals surface area contributed by atoms with Crippen LogP contribution in [0.15, 0.2) is 24.3 Å². The Morgan fingerprint density at radius 3 is 2.22 bits per heavy atom. The molecule has 0 aromatic heterocycles. The first-order valence-corrected chi connectivity index (χ1v) is 9.02. The van der Waals surface area contributed by atoms with Crippen molar-refractivity contribution in [3.8, 4) is 0 Å². The Labute approximate surface area is 139 Å². The van der Waals surface area contributed by atoms with Crippen molar-refractivity contribution >= 4 is 17.3 Å². The molecule has 0 atom stereocenters. The maximum Gasteiger partial charge on any atom is 0.220 e. The summed E-state index contributed by atoms with van der Waals surface area (Å²) in [4.78, 5) is 13.7. The van der Waals surface area contributed by atoms with Gasteiger partial charge in [-0.2, -0.15) is 0 Å². The van der Waals surface area contributed by atoms with E-state index in [9.17, 15) is 4.79 Å². The number of piperidine rings is 1. The highest BCUT2D eigenvalue weighted by Crippen LogP contribution is 2.28. The van der Waals surface area contributed by atoms with E-state index in [4.69, 9.17) is 5.73 Å². The van der Waals surface area contributed by atoms with Gasteiger partial charge in [-0.05, 0) is 68.7 Å². The van der Waals surface area contributed by atoms with E-state index in [-0.39, 0.29) is 11.8 Å². The average molecular weight is 315 g/mol. The minimum absolute atomic E-state index is 0.0805. The Bertz CT molecular complexity index is 512. The van der Waals surface area contributed by atoms with Crippen LogP contribution in [0.3, 0.4) is 0 Å². The van der Waals surface area contributed by atoms with Gasteiger partial charge in [-0.1, -0.05) is 6.92 Å². The van der Waals surface area contributed by atoms with Gasteiger partial charge in [-0.15, -0.1) is 0 Å². The molecule has 1 amide bonds. The summed E-state index contributed by atoms with van der Waals surface area (Å²) < 4.78 is 0. The number of nitrogens with one attached hydrogen (secondary N) is 1. The molecule has 4 heteroatoms. The van der Waals surface area contributed by atoms with E-state index in [0.29, 0.717) is 6.04 Å². The van der Waals surface area contributed by atoms with Crippen molar-refractivity contribution in [2.75, 3.05) is 23.3 Å². The molecule has 23 heavy (non-hydrogen) atoms. The summed E-state index contributed by atoms with van der Waals surface area (Å²) in [7, 11) is 0. The van der Waals surface area contributed by atoms with Crippen molar-refractivity contribution < 1.29 is 4.79 Å². The van der Waals surface area contributed by atoms with Gasteiger partial charge in [0.05, 0.1) is 0 Å². The van der Waals surface area contributed by atoms with Gasteiger partial charge in [0.15, 0.2) is 0 Å². The van der Waals surface area contributed by atoms with E-state index in [1.807, 2.05) is 0 Å². The molecule has 1 aromatic rings. The summed E-state index contributed by atoms with van der Waals surface area (Å²) in [6, 6.07) is 9.30. The fourth-order valence-corrected chi connectivity index (χ4v) is 3.79. The van der Waals surface area contributed by atoms with Crippen LogP contribution in [0.25, 0.3) is 0 Å². The lowest BCUT2D eigenvalue weighted by Crippen LogP contribution is -2.33. The summed E-state index contributed by atoms with van der Waals surface area (Å²) in [6.07, 6.45) is 6.47. The van der Waals surface area contributed by atoms with E-state index in [1.54, 1.807) is 0 Å². The summed E-state index contributed by atoms with van der Waals surface area (Å²) in [5.74, 6) is 0.809. The van der Waals surface area contributed by atoms with E-state index in [1.165, 1.54) is 37.3 Å². The number of carbonyl (C=O) groups is 1. The molecule has 0 unspecified atom stereocenters. The first kappa shape index (κ1) is 16.2. The van der Waals surface area contributed by atoms with Gasteiger partial charge in [0.1, 0.15) is 0 Å². The van der Waals surface area contributed by atoms with Crippen LogP contribution in [-0.4, -0.2) is 25.0 Å². The van der Waals surface area contributed by atoms with Crippen molar-refractivity contribution in [2.24, 2.45) is 17.6 Å². The third-order valence-electron chi connectivity index (χ3n) is 5.52. The number of rotatable bonds is 4. The minimum Gasteiger partial charge on any atom is -0.382 e. The van der Waals surface area contributed by atoms with Gasteiger partial charge in [0, 0.05) is 36.4 Å². The molecule has 0 spiro atoms. The molecule has 3 N–H and O–H groups in total. The lowest BCUT2D eigenvalue weighted by Gasteiger charge is -2.32. The first-order chi connectivity index (χ1) is 11.1. The minimum atomic E-state index is -0.136. The number of hydrogen-bond donors (Lipinski definition) is 2. The molecule has 1 aliphatic carbocycles. The van der Waals surface area contributed by atoms with Crippen molar-refractivity contribution in [3.05, 3.63) is 24.3 Å². The zero-order valence-electron chi connectivity index (χ0n) is 14.1. The number of hydrogen-bond acceptors (Lipinski definition) is 3. The molecule has 1 heterocycles. The quantitative estimate of drug-likeness (QED) is 0.895. The van der Waals surface area contributed by atoms with Gasteiger partial charge in [0.2, 0.25) is 5.91 Å². The van der Waals surface area contributed by atoms with Gasteiger partial charge < -0.3 is 16.0 Å². The molecule has 1 aromatic carbocycles. The molecule has 1 saturated carbocycles. The molecule has 1 saturated heterocycles. The van der Waals surface area contributed by atoms with E-state index in [2.05, 4.69) is 41.4 Å². The number of nitrogens with zero attached hydrogens (tertiary/aromatic N) is 1. The van der Waals surface area contributed by atoms with Crippen LogP contribution in [0.2, 0.25) is 0 Å². The zero-order valence-corrected chi connectivity index (χ0v) is 14.1. The van der Waals surface area contributed by atoms with Crippen LogP contribution >= 0.6 is 0 Å². The summed E-state index contributed by atoms with van der Waals surface area (Å²) >= 11 is 0. The Hall–Kier alpha value is -1.71. The lowest BCUT2D eigenvalue weighted by atomic mass is 9.85. The molecule has 2 fully saturated rings. The second-order valence-corrected chi connectivity index (χ2v) is 7.31. The summed E-state index contributed by atoms with van der Waals surface area (Å²) in [5, 5.41) is 3.61. The third kappa shape index (κ3) is 4.18. The number of nitrogens with two attached hydrogens (primary N) is 1. The zero-order chi connectivity index (χ0) is 16.2. The van der Waals surface area contributed by atoms with E-state index in [0.717, 1.165) is 31.6 Å². The lowest BCUT2D eigenvalue weighted by molar-refractivity contribution is -0.122. The summed E-state index contributed by atoms with van der Waals surface area (Å²) in [5.41, 5.74) is 7.91. The molecule has 0 bridgehead atoms. The Morgan fingerprint density at radius 2 is 1.65 bits per heavy atom. The standard InChI is InChI=1S/C19H29N3O/c1-14-10-12-22(13-11-14)18-8-6-17(7-9-18)21-16-4-2-15(3-5-16)19(20)23/h6-9,14-16,21H,2-5,10-13H2,1H3,(H2,20,23). The van der Waals surface area contributed by atoms with Crippen LogP contribution in [0.1, 0.15) is 45.4 Å². The Morgan fingerprint density at radius 1 is 1.04 bits per heavy atom. The molecular formula is C19H29N3O. The van der Waals surface area contributed by atoms with Crippen molar-refractivity contribution in [1.29, 1.82) is 0 Å². The molecule has 4 nitrogen and oxygen atoms in total. The van der Waals surface area contributed by atoms with E-state index >= 15 is 0 Å². The SMILES string of the molecule is CC1CCN(c2ccc(NC3CCC(C(N)=O)CC3)cc2)CC1. The molecule has 126 valence electrons. The fraction of sp³-hybridized carbons (Fsp3) is 0.632. The molecule has 0 radical (unpaired) electrons. The monoisotopic (exact) mass is 315 g/mol. The topological polar surface area (TPSA) is 58.4 Å². The van der Waals surface area contributed by atoms with Crippen molar-refractivity contribution in [2.45, 2.75) is 51.5 Å². The molecule has 2 aliphatic rings. The van der Waals surface area contributed by atoms with Crippen LogP contribution in [0.4, 0.5) is 11.4 Å². The second kappa shape index (κ2) is 7.24. The van der Waals surface area contributed by atoms with E-state index < -0.39 is 0 Å². The number of benzene rings is 1. The third-order valence-corrected chi connectivity index (χ3v) is 5.52. The predicted molar refractivity (Wildman–Crippen MR) is 95.6 cm³/mol.